The second-order valence-electron chi connectivity index (χ2n) is 4.96. The molecule has 0 spiro atoms. The molecule has 2 aromatic rings. The van der Waals surface area contributed by atoms with Crippen molar-refractivity contribution in [3.05, 3.63) is 69.7 Å². The normalized spacial score (nSPS) is 14.1. The van der Waals surface area contributed by atoms with Crippen molar-refractivity contribution in [3.63, 3.8) is 0 Å². The fraction of sp³-hybridized carbons (Fsp3) is 0.294. The molecule has 1 N–H and O–H groups in total. The molecule has 118 valence electrons. The third-order valence-electron chi connectivity index (χ3n) is 3.24. The summed E-state index contributed by atoms with van der Waals surface area (Å²) in [6.45, 7) is 1.72. The first kappa shape index (κ1) is 17.6. The summed E-state index contributed by atoms with van der Waals surface area (Å²) in [7, 11) is 1.60. The van der Waals surface area contributed by atoms with Gasteiger partial charge in [-0.05, 0) is 42.3 Å². The molecule has 2 rings (SSSR count). The molecule has 5 heteroatoms. The van der Waals surface area contributed by atoms with Crippen LogP contribution in [0, 0.1) is 0 Å². The zero-order valence-corrected chi connectivity index (χ0v) is 14.7. The molecule has 0 amide bonds. The molecule has 0 aliphatic carbocycles. The van der Waals surface area contributed by atoms with Gasteiger partial charge in [0.25, 0.3) is 0 Å². The molecule has 2 aromatic carbocycles. The fourth-order valence-electron chi connectivity index (χ4n) is 2.13. The Hall–Kier alpha value is -0.710. The van der Waals surface area contributed by atoms with Crippen molar-refractivity contribution in [2.45, 2.75) is 23.7 Å². The van der Waals surface area contributed by atoms with E-state index in [1.807, 2.05) is 48.5 Å². The Morgan fingerprint density at radius 2 is 1.32 bits per heavy atom. The van der Waals surface area contributed by atoms with Crippen molar-refractivity contribution in [3.8, 4) is 0 Å². The van der Waals surface area contributed by atoms with Crippen LogP contribution in [-0.4, -0.2) is 23.8 Å². The van der Waals surface area contributed by atoms with Gasteiger partial charge in [0.2, 0.25) is 0 Å². The Morgan fingerprint density at radius 3 is 1.64 bits per heavy atom. The average Bonchev–Trinajstić information content (AvgIpc) is 2.50. The summed E-state index contributed by atoms with van der Waals surface area (Å²) >= 11 is 13.5. The number of methoxy groups -OCH3 is 1. The predicted molar refractivity (Wildman–Crippen MR) is 94.8 cm³/mol. The van der Waals surface area contributed by atoms with Crippen LogP contribution in [-0.2, 0) is 4.74 Å². The first-order chi connectivity index (χ1) is 10.5. The molecule has 0 saturated carbocycles. The van der Waals surface area contributed by atoms with E-state index in [1.54, 1.807) is 25.8 Å². The third kappa shape index (κ3) is 4.64. The number of hydrogen-bond donors (Lipinski definition) is 1. The van der Waals surface area contributed by atoms with Crippen LogP contribution in [0.5, 0.6) is 0 Å². The smallest absolute Gasteiger partial charge is 0.129 e. The van der Waals surface area contributed by atoms with Gasteiger partial charge in [-0.25, -0.2) is 0 Å². The molecule has 0 heterocycles. The maximum atomic E-state index is 9.86. The zero-order chi connectivity index (χ0) is 16.1. The number of aliphatic hydroxyl groups excluding tert-OH is 1. The van der Waals surface area contributed by atoms with Crippen LogP contribution in [0.25, 0.3) is 0 Å². The minimum absolute atomic E-state index is 0.0223. The Labute approximate surface area is 145 Å². The van der Waals surface area contributed by atoms with E-state index in [2.05, 4.69) is 0 Å². The highest BCUT2D eigenvalue weighted by Crippen LogP contribution is 2.40. The van der Waals surface area contributed by atoms with E-state index in [9.17, 15) is 5.11 Å². The topological polar surface area (TPSA) is 29.5 Å². The molecule has 2 atom stereocenters. The van der Waals surface area contributed by atoms with Crippen LogP contribution in [0.1, 0.15) is 23.3 Å². The largest absolute Gasteiger partial charge is 0.390 e. The maximum absolute atomic E-state index is 9.86. The summed E-state index contributed by atoms with van der Waals surface area (Å²) in [5, 5.41) is 11.3. The summed E-state index contributed by atoms with van der Waals surface area (Å²) in [4.78, 5) is 0. The molecular formula is C17H18Cl2O2S. The zero-order valence-electron chi connectivity index (χ0n) is 12.4. The molecule has 0 saturated heterocycles. The van der Waals surface area contributed by atoms with Crippen molar-refractivity contribution in [2.75, 3.05) is 7.11 Å². The van der Waals surface area contributed by atoms with E-state index in [0.29, 0.717) is 10.0 Å². The number of hydrogen-bond acceptors (Lipinski definition) is 3. The number of ether oxygens (including phenoxy) is 1. The van der Waals surface area contributed by atoms with E-state index in [-0.39, 0.29) is 10.7 Å². The number of aliphatic hydroxyl groups is 1. The van der Waals surface area contributed by atoms with Crippen LogP contribution < -0.4 is 0 Å². The van der Waals surface area contributed by atoms with Gasteiger partial charge >= 0.3 is 0 Å². The molecule has 0 aromatic heterocycles. The summed E-state index contributed by atoms with van der Waals surface area (Å²) < 4.78 is 5.39. The third-order valence-corrected chi connectivity index (χ3v) is 5.42. The molecule has 22 heavy (non-hydrogen) atoms. The minimum Gasteiger partial charge on any atom is -0.390 e. The van der Waals surface area contributed by atoms with Gasteiger partial charge in [-0.3, -0.25) is 0 Å². The van der Waals surface area contributed by atoms with Gasteiger partial charge in [0.1, 0.15) is 5.44 Å². The molecule has 0 fully saturated rings. The van der Waals surface area contributed by atoms with Crippen molar-refractivity contribution >= 4 is 35.0 Å². The van der Waals surface area contributed by atoms with Gasteiger partial charge in [-0.15, -0.1) is 11.8 Å². The van der Waals surface area contributed by atoms with E-state index in [0.717, 1.165) is 11.1 Å². The number of thioether (sulfide) groups is 1. The second kappa shape index (κ2) is 8.23. The van der Waals surface area contributed by atoms with Crippen LogP contribution in [0.15, 0.2) is 48.5 Å². The lowest BCUT2D eigenvalue weighted by atomic mass is 10.0. The first-order valence-electron chi connectivity index (χ1n) is 6.88. The standard InChI is InChI=1S/C17H18Cl2O2S/c1-11(20)17(21-2)22-16(12-3-7-14(18)8-4-12)13-5-9-15(19)10-6-13/h3-11,16-17,20H,1-2H3. The highest BCUT2D eigenvalue weighted by Gasteiger charge is 2.23. The predicted octanol–water partition coefficient (Wildman–Crippen LogP) is 5.17. The summed E-state index contributed by atoms with van der Waals surface area (Å²) in [6.07, 6.45) is -0.572. The monoisotopic (exact) mass is 356 g/mol. The maximum Gasteiger partial charge on any atom is 0.129 e. The van der Waals surface area contributed by atoms with Crippen LogP contribution in [0.4, 0.5) is 0 Å². The van der Waals surface area contributed by atoms with Crippen molar-refractivity contribution in [1.29, 1.82) is 0 Å². The van der Waals surface area contributed by atoms with Gasteiger partial charge in [0, 0.05) is 17.2 Å². The van der Waals surface area contributed by atoms with Crippen LogP contribution in [0.2, 0.25) is 10.0 Å². The average molecular weight is 357 g/mol. The Bertz CT molecular complexity index is 539. The summed E-state index contributed by atoms with van der Waals surface area (Å²) in [5.74, 6) is 0. The quantitative estimate of drug-likeness (QED) is 0.724. The Kier molecular flexibility index (Phi) is 6.60. The highest BCUT2D eigenvalue weighted by atomic mass is 35.5. The second-order valence-corrected chi connectivity index (χ2v) is 7.04. The molecule has 0 aliphatic heterocycles. The van der Waals surface area contributed by atoms with Gasteiger partial charge in [0.15, 0.2) is 0 Å². The number of benzene rings is 2. The molecule has 2 unspecified atom stereocenters. The van der Waals surface area contributed by atoms with Gasteiger partial charge in [0.05, 0.1) is 11.4 Å². The molecular weight excluding hydrogens is 339 g/mol. The molecule has 0 aliphatic rings. The highest BCUT2D eigenvalue weighted by molar-refractivity contribution is 8.00. The lowest BCUT2D eigenvalue weighted by molar-refractivity contribution is 0.0530. The van der Waals surface area contributed by atoms with Crippen LogP contribution >= 0.6 is 35.0 Å². The fourth-order valence-corrected chi connectivity index (χ4v) is 3.61. The molecule has 0 bridgehead atoms. The molecule has 0 radical (unpaired) electrons. The SMILES string of the molecule is COC(SC(c1ccc(Cl)cc1)c1ccc(Cl)cc1)C(C)O. The van der Waals surface area contributed by atoms with Crippen molar-refractivity contribution in [1.82, 2.24) is 0 Å². The Balaban J connectivity index is 2.35. The van der Waals surface area contributed by atoms with Crippen LogP contribution in [0.3, 0.4) is 0 Å². The summed E-state index contributed by atoms with van der Waals surface area (Å²) in [6, 6.07) is 15.4. The van der Waals surface area contributed by atoms with Gasteiger partial charge in [-0.1, -0.05) is 47.5 Å². The van der Waals surface area contributed by atoms with Gasteiger partial charge < -0.3 is 9.84 Å². The Morgan fingerprint density at radius 1 is 0.909 bits per heavy atom. The summed E-state index contributed by atoms with van der Waals surface area (Å²) in [5.41, 5.74) is 1.87. The van der Waals surface area contributed by atoms with E-state index < -0.39 is 6.10 Å². The number of rotatable bonds is 6. The lowest BCUT2D eigenvalue weighted by Gasteiger charge is -2.25. The minimum atomic E-state index is -0.572. The van der Waals surface area contributed by atoms with Crippen molar-refractivity contribution < 1.29 is 9.84 Å². The molecule has 2 nitrogen and oxygen atoms in total. The van der Waals surface area contributed by atoms with Crippen molar-refractivity contribution in [2.24, 2.45) is 0 Å². The number of halogens is 2. The first-order valence-corrected chi connectivity index (χ1v) is 8.58. The van der Waals surface area contributed by atoms with E-state index >= 15 is 0 Å². The van der Waals surface area contributed by atoms with E-state index in [1.165, 1.54) is 0 Å². The van der Waals surface area contributed by atoms with E-state index in [4.69, 9.17) is 27.9 Å². The van der Waals surface area contributed by atoms with Gasteiger partial charge in [-0.2, -0.15) is 0 Å². The lowest BCUT2D eigenvalue weighted by Crippen LogP contribution is -2.22.